The molecule has 1 aliphatic rings. The molecule has 1 atom stereocenters. The van der Waals surface area contributed by atoms with E-state index in [2.05, 4.69) is 25.6 Å². The van der Waals surface area contributed by atoms with Gasteiger partial charge in [-0.3, -0.25) is 4.98 Å². The molecule has 0 spiro atoms. The molecule has 30 heavy (non-hydrogen) atoms. The Balaban J connectivity index is 1.39. The number of ether oxygens (including phenoxy) is 1. The van der Waals surface area contributed by atoms with E-state index in [9.17, 15) is 0 Å². The van der Waals surface area contributed by atoms with Gasteiger partial charge < -0.3 is 15.4 Å². The number of aryl methyl sites for hydroxylation is 2. The zero-order valence-electron chi connectivity index (χ0n) is 16.8. The second kappa shape index (κ2) is 7.97. The maximum absolute atomic E-state index is 6.07. The molecule has 0 unspecified atom stereocenters. The Morgan fingerprint density at radius 2 is 2.03 bits per heavy atom. The van der Waals surface area contributed by atoms with Crippen molar-refractivity contribution in [3.8, 4) is 16.5 Å². The Hall–Kier alpha value is -3.10. The first-order chi connectivity index (χ1) is 14.6. The lowest BCUT2D eigenvalue weighted by atomic mass is 10.2. The summed E-state index contributed by atoms with van der Waals surface area (Å²) in [6.45, 7) is 5.84. The minimum atomic E-state index is 0.172. The molecular weight excluding hydrogens is 396 g/mol. The van der Waals surface area contributed by atoms with Crippen molar-refractivity contribution >= 4 is 33.2 Å². The summed E-state index contributed by atoms with van der Waals surface area (Å²) in [4.78, 5) is 18.2. The van der Waals surface area contributed by atoms with Gasteiger partial charge in [-0.2, -0.15) is 4.98 Å². The predicted octanol–water partition coefficient (Wildman–Crippen LogP) is 4.25. The lowest BCUT2D eigenvalue weighted by Gasteiger charge is -2.14. The number of hydrogen-bond acceptors (Lipinski definition) is 8. The lowest BCUT2D eigenvalue weighted by Crippen LogP contribution is -2.20. The van der Waals surface area contributed by atoms with E-state index in [1.165, 1.54) is 0 Å². The molecule has 1 aliphatic heterocycles. The zero-order valence-corrected chi connectivity index (χ0v) is 17.7. The van der Waals surface area contributed by atoms with Crippen LogP contribution in [0.25, 0.3) is 20.8 Å². The van der Waals surface area contributed by atoms with Crippen molar-refractivity contribution in [3.05, 3.63) is 54.0 Å². The number of pyridine rings is 3. The highest BCUT2D eigenvalue weighted by molar-refractivity contribution is 7.21. The highest BCUT2D eigenvalue weighted by atomic mass is 32.1. The molecule has 5 heterocycles. The van der Waals surface area contributed by atoms with Crippen LogP contribution in [0.1, 0.15) is 17.7 Å². The van der Waals surface area contributed by atoms with Gasteiger partial charge in [0.15, 0.2) is 0 Å². The third-order valence-corrected chi connectivity index (χ3v) is 6.07. The van der Waals surface area contributed by atoms with E-state index in [0.717, 1.165) is 51.6 Å². The van der Waals surface area contributed by atoms with Crippen LogP contribution in [0.5, 0.6) is 5.88 Å². The summed E-state index contributed by atoms with van der Waals surface area (Å²) in [5.74, 6) is 2.07. The Morgan fingerprint density at radius 1 is 1.10 bits per heavy atom. The SMILES string of the molecule is Cc1cc(-c2nc3cc(Nc4ccc(C)c(O[C@H]5CCNC5)n4)ncc3s2)ccn1. The van der Waals surface area contributed by atoms with Crippen LogP contribution in [-0.4, -0.2) is 39.1 Å². The number of fused-ring (bicyclic) bond motifs is 1. The summed E-state index contributed by atoms with van der Waals surface area (Å²) in [7, 11) is 0. The van der Waals surface area contributed by atoms with Crippen LogP contribution < -0.4 is 15.4 Å². The second-order valence-corrected chi connectivity index (χ2v) is 8.45. The van der Waals surface area contributed by atoms with E-state index in [1.807, 2.05) is 56.6 Å². The van der Waals surface area contributed by atoms with Gasteiger partial charge in [-0.05, 0) is 45.0 Å². The molecule has 4 aromatic rings. The highest BCUT2D eigenvalue weighted by Gasteiger charge is 2.18. The van der Waals surface area contributed by atoms with E-state index in [1.54, 1.807) is 11.3 Å². The van der Waals surface area contributed by atoms with E-state index in [-0.39, 0.29) is 6.10 Å². The quantitative estimate of drug-likeness (QED) is 0.501. The van der Waals surface area contributed by atoms with E-state index >= 15 is 0 Å². The van der Waals surface area contributed by atoms with Crippen molar-refractivity contribution in [3.63, 3.8) is 0 Å². The molecule has 152 valence electrons. The molecule has 0 amide bonds. The number of aromatic nitrogens is 4. The molecule has 1 saturated heterocycles. The first-order valence-corrected chi connectivity index (χ1v) is 10.8. The largest absolute Gasteiger partial charge is 0.473 e. The highest BCUT2D eigenvalue weighted by Crippen LogP contribution is 2.31. The normalized spacial score (nSPS) is 16.1. The van der Waals surface area contributed by atoms with Crippen molar-refractivity contribution in [2.75, 3.05) is 18.4 Å². The van der Waals surface area contributed by atoms with Gasteiger partial charge in [0, 0.05) is 41.8 Å². The van der Waals surface area contributed by atoms with Crippen molar-refractivity contribution in [2.45, 2.75) is 26.4 Å². The van der Waals surface area contributed by atoms with Gasteiger partial charge in [0.25, 0.3) is 0 Å². The third kappa shape index (κ3) is 3.96. The Bertz CT molecular complexity index is 1200. The molecule has 2 N–H and O–H groups in total. The fourth-order valence-corrected chi connectivity index (χ4v) is 4.33. The Labute approximate surface area is 178 Å². The average molecular weight is 419 g/mol. The minimum absolute atomic E-state index is 0.172. The Kier molecular flexibility index (Phi) is 5.02. The molecular formula is C22H22N6OS. The number of hydrogen-bond donors (Lipinski definition) is 2. The minimum Gasteiger partial charge on any atom is -0.473 e. The van der Waals surface area contributed by atoms with Gasteiger partial charge in [-0.1, -0.05) is 6.07 Å². The molecule has 7 nitrogen and oxygen atoms in total. The second-order valence-electron chi connectivity index (χ2n) is 7.42. The fourth-order valence-electron chi connectivity index (χ4n) is 3.42. The van der Waals surface area contributed by atoms with Crippen LogP contribution in [0.2, 0.25) is 0 Å². The molecule has 8 heteroatoms. The van der Waals surface area contributed by atoms with E-state index in [0.29, 0.717) is 17.5 Å². The van der Waals surface area contributed by atoms with Crippen LogP contribution in [-0.2, 0) is 0 Å². The zero-order chi connectivity index (χ0) is 20.5. The third-order valence-electron chi connectivity index (χ3n) is 5.02. The van der Waals surface area contributed by atoms with Crippen molar-refractivity contribution in [2.24, 2.45) is 0 Å². The van der Waals surface area contributed by atoms with Crippen molar-refractivity contribution < 1.29 is 4.74 Å². The number of thiazole rings is 1. The average Bonchev–Trinajstić information content (AvgIpc) is 3.40. The molecule has 1 fully saturated rings. The summed E-state index contributed by atoms with van der Waals surface area (Å²) in [5, 5.41) is 7.56. The maximum atomic E-state index is 6.07. The van der Waals surface area contributed by atoms with Crippen LogP contribution in [0.3, 0.4) is 0 Å². The van der Waals surface area contributed by atoms with Gasteiger partial charge in [0.1, 0.15) is 22.7 Å². The first-order valence-electron chi connectivity index (χ1n) is 9.96. The predicted molar refractivity (Wildman–Crippen MR) is 120 cm³/mol. The van der Waals surface area contributed by atoms with Gasteiger partial charge in [0.2, 0.25) is 5.88 Å². The molecule has 0 aliphatic carbocycles. The molecule has 0 aromatic carbocycles. The van der Waals surface area contributed by atoms with Crippen LogP contribution in [0.15, 0.2) is 42.7 Å². The molecule has 5 rings (SSSR count). The first kappa shape index (κ1) is 18.9. The summed E-state index contributed by atoms with van der Waals surface area (Å²) in [5.41, 5.74) is 3.97. The number of anilines is 2. The summed E-state index contributed by atoms with van der Waals surface area (Å²) in [6, 6.07) is 9.93. The monoisotopic (exact) mass is 418 g/mol. The molecule has 0 bridgehead atoms. The summed E-state index contributed by atoms with van der Waals surface area (Å²) < 4.78 is 7.11. The number of nitrogens with zero attached hydrogens (tertiary/aromatic N) is 4. The van der Waals surface area contributed by atoms with Gasteiger partial charge in [-0.15, -0.1) is 11.3 Å². The van der Waals surface area contributed by atoms with Crippen molar-refractivity contribution in [1.82, 2.24) is 25.3 Å². The maximum Gasteiger partial charge on any atom is 0.218 e. The smallest absolute Gasteiger partial charge is 0.218 e. The number of rotatable bonds is 5. The van der Waals surface area contributed by atoms with Gasteiger partial charge in [-0.25, -0.2) is 9.97 Å². The lowest BCUT2D eigenvalue weighted by molar-refractivity contribution is 0.213. The molecule has 0 saturated carbocycles. The van der Waals surface area contributed by atoms with Crippen LogP contribution >= 0.6 is 11.3 Å². The fraction of sp³-hybridized carbons (Fsp3) is 0.273. The van der Waals surface area contributed by atoms with Crippen LogP contribution in [0, 0.1) is 13.8 Å². The van der Waals surface area contributed by atoms with Gasteiger partial charge in [0.05, 0.1) is 10.2 Å². The standard InChI is InChI=1S/C22H22N6OS/c1-13-3-4-19(28-21(13)29-16-6-7-23-11-16)27-20-10-17-18(12-25-20)30-22(26-17)15-5-8-24-14(2)9-15/h3-5,8-10,12,16,23H,6-7,11H2,1-2H3,(H,25,27,28)/t16-/m0/s1. The van der Waals surface area contributed by atoms with E-state index < -0.39 is 0 Å². The van der Waals surface area contributed by atoms with Gasteiger partial charge >= 0.3 is 0 Å². The van der Waals surface area contributed by atoms with Crippen molar-refractivity contribution in [1.29, 1.82) is 0 Å². The summed E-state index contributed by atoms with van der Waals surface area (Å²) >= 11 is 1.63. The Morgan fingerprint density at radius 3 is 2.87 bits per heavy atom. The number of nitrogens with one attached hydrogen (secondary N) is 2. The topological polar surface area (TPSA) is 84.9 Å². The molecule has 0 radical (unpaired) electrons. The molecule has 4 aromatic heterocycles. The summed E-state index contributed by atoms with van der Waals surface area (Å²) in [6.07, 6.45) is 4.83. The van der Waals surface area contributed by atoms with Crippen LogP contribution in [0.4, 0.5) is 11.6 Å². The van der Waals surface area contributed by atoms with E-state index in [4.69, 9.17) is 9.72 Å².